The molecule has 1 unspecified atom stereocenters. The molecule has 1 aliphatic rings. The molecule has 0 amide bonds. The predicted molar refractivity (Wildman–Crippen MR) is 83.3 cm³/mol. The Morgan fingerprint density at radius 2 is 2.29 bits per heavy atom. The molecule has 1 heterocycles. The van der Waals surface area contributed by atoms with Crippen LogP contribution in [-0.4, -0.2) is 25.9 Å². The van der Waals surface area contributed by atoms with Gasteiger partial charge < -0.3 is 20.5 Å². The quantitative estimate of drug-likeness (QED) is 0.755. The van der Waals surface area contributed by atoms with Crippen molar-refractivity contribution in [3.05, 3.63) is 17.9 Å². The molecule has 0 saturated carbocycles. The minimum Gasteiger partial charge on any atom is -0.490 e. The van der Waals surface area contributed by atoms with Gasteiger partial charge in [-0.1, -0.05) is 6.92 Å². The summed E-state index contributed by atoms with van der Waals surface area (Å²) in [6, 6.07) is 2.95. The summed E-state index contributed by atoms with van der Waals surface area (Å²) < 4.78 is 24.8. The molecule has 0 spiro atoms. The van der Waals surface area contributed by atoms with Crippen molar-refractivity contribution < 1.29 is 13.9 Å². The number of nitrogen functional groups attached to an aromatic ring is 1. The van der Waals surface area contributed by atoms with Crippen LogP contribution in [0.3, 0.4) is 0 Å². The Balaban J connectivity index is 1.88. The van der Waals surface area contributed by atoms with Gasteiger partial charge in [0.15, 0.2) is 11.6 Å². The number of anilines is 2. The molecule has 1 fully saturated rings. The Bertz CT molecular complexity index is 448. The van der Waals surface area contributed by atoms with Crippen LogP contribution in [0.25, 0.3) is 0 Å². The van der Waals surface area contributed by atoms with Gasteiger partial charge in [-0.2, -0.15) is 0 Å². The first-order valence-corrected chi connectivity index (χ1v) is 7.78. The number of rotatable bonds is 7. The van der Waals surface area contributed by atoms with Crippen LogP contribution in [-0.2, 0) is 4.74 Å². The predicted octanol–water partition coefficient (Wildman–Crippen LogP) is 3.57. The third-order valence-corrected chi connectivity index (χ3v) is 3.62. The second-order valence-corrected chi connectivity index (χ2v) is 5.42. The van der Waals surface area contributed by atoms with Crippen LogP contribution in [0.2, 0.25) is 0 Å². The summed E-state index contributed by atoms with van der Waals surface area (Å²) >= 11 is 0. The highest BCUT2D eigenvalue weighted by Gasteiger charge is 2.14. The molecule has 118 valence electrons. The fraction of sp³-hybridized carbons (Fsp3) is 0.625. The number of ether oxygens (including phenoxy) is 2. The monoisotopic (exact) mass is 296 g/mol. The summed E-state index contributed by atoms with van der Waals surface area (Å²) in [5.74, 6) is -0.162. The summed E-state index contributed by atoms with van der Waals surface area (Å²) in [7, 11) is 0. The van der Waals surface area contributed by atoms with Gasteiger partial charge in [-0.25, -0.2) is 4.39 Å². The molecule has 5 heteroatoms. The zero-order valence-electron chi connectivity index (χ0n) is 12.7. The lowest BCUT2D eigenvalue weighted by molar-refractivity contribution is 0.0134. The zero-order valence-corrected chi connectivity index (χ0v) is 12.7. The maximum absolute atomic E-state index is 13.7. The Labute approximate surface area is 125 Å². The topological polar surface area (TPSA) is 56.5 Å². The molecular weight excluding hydrogens is 271 g/mol. The molecule has 4 nitrogen and oxygen atoms in total. The molecule has 1 aromatic rings. The van der Waals surface area contributed by atoms with Gasteiger partial charge in [0.1, 0.15) is 0 Å². The second-order valence-electron chi connectivity index (χ2n) is 5.42. The van der Waals surface area contributed by atoms with Crippen molar-refractivity contribution in [3.63, 3.8) is 0 Å². The zero-order chi connectivity index (χ0) is 15.1. The van der Waals surface area contributed by atoms with Crippen LogP contribution in [0.4, 0.5) is 15.8 Å². The average Bonchev–Trinajstić information content (AvgIpc) is 2.49. The first-order chi connectivity index (χ1) is 10.2. The number of nitrogens with one attached hydrogen (secondary N) is 1. The fourth-order valence-electron chi connectivity index (χ4n) is 2.45. The number of halogens is 1. The molecule has 21 heavy (non-hydrogen) atoms. The Morgan fingerprint density at radius 3 is 3.00 bits per heavy atom. The molecule has 0 bridgehead atoms. The first-order valence-electron chi connectivity index (χ1n) is 7.78. The molecule has 0 aliphatic carbocycles. The molecule has 0 radical (unpaired) electrons. The molecule has 0 aromatic heterocycles. The lowest BCUT2D eigenvalue weighted by Crippen LogP contribution is -2.22. The molecule has 1 saturated heterocycles. The maximum Gasteiger partial charge on any atom is 0.167 e. The van der Waals surface area contributed by atoms with Crippen molar-refractivity contribution in [2.75, 3.05) is 30.8 Å². The Hall–Kier alpha value is -1.49. The largest absolute Gasteiger partial charge is 0.490 e. The normalized spacial score (nSPS) is 18.5. The standard InChI is InChI=1S/C16H25FN2O2/c1-2-8-21-16-11-15(14(18)10-13(16)17)19-7-6-12-5-3-4-9-20-12/h10-12,19H,2-9,18H2,1H3. The van der Waals surface area contributed by atoms with Crippen LogP contribution in [0.15, 0.2) is 12.1 Å². The highest BCUT2D eigenvalue weighted by Crippen LogP contribution is 2.28. The molecule has 2 rings (SSSR count). The van der Waals surface area contributed by atoms with Gasteiger partial charge in [0.25, 0.3) is 0 Å². The van der Waals surface area contributed by atoms with E-state index in [1.807, 2.05) is 6.92 Å². The van der Waals surface area contributed by atoms with E-state index in [4.69, 9.17) is 15.2 Å². The highest BCUT2D eigenvalue weighted by molar-refractivity contribution is 5.68. The first kappa shape index (κ1) is 15.9. The number of nitrogens with two attached hydrogens (primary N) is 1. The van der Waals surface area contributed by atoms with E-state index >= 15 is 0 Å². The molecule has 1 aromatic carbocycles. The number of hydrogen-bond donors (Lipinski definition) is 2. The molecule has 1 aliphatic heterocycles. The lowest BCUT2D eigenvalue weighted by Gasteiger charge is -2.23. The van der Waals surface area contributed by atoms with E-state index in [9.17, 15) is 4.39 Å². The van der Waals surface area contributed by atoms with Crippen molar-refractivity contribution in [3.8, 4) is 5.75 Å². The van der Waals surface area contributed by atoms with Crippen LogP contribution in [0, 0.1) is 5.82 Å². The summed E-state index contributed by atoms with van der Waals surface area (Å²) in [6.45, 7) is 4.10. The average molecular weight is 296 g/mol. The van der Waals surface area contributed by atoms with Crippen LogP contribution < -0.4 is 15.8 Å². The van der Waals surface area contributed by atoms with Crippen molar-refractivity contribution >= 4 is 11.4 Å². The van der Waals surface area contributed by atoms with Crippen LogP contribution >= 0.6 is 0 Å². The third kappa shape index (κ3) is 4.77. The SMILES string of the molecule is CCCOc1cc(NCCC2CCCCO2)c(N)cc1F. The minimum atomic E-state index is -0.415. The van der Waals surface area contributed by atoms with Gasteiger partial charge in [-0.3, -0.25) is 0 Å². The molecular formula is C16H25FN2O2. The fourth-order valence-corrected chi connectivity index (χ4v) is 2.45. The van der Waals surface area contributed by atoms with Gasteiger partial charge in [-0.15, -0.1) is 0 Å². The van der Waals surface area contributed by atoms with E-state index in [1.54, 1.807) is 6.07 Å². The van der Waals surface area contributed by atoms with Crippen molar-refractivity contribution in [2.24, 2.45) is 0 Å². The minimum absolute atomic E-state index is 0.252. The van der Waals surface area contributed by atoms with E-state index in [-0.39, 0.29) is 5.75 Å². The van der Waals surface area contributed by atoms with Gasteiger partial charge in [0.2, 0.25) is 0 Å². The van der Waals surface area contributed by atoms with E-state index in [2.05, 4.69) is 5.32 Å². The Morgan fingerprint density at radius 1 is 1.43 bits per heavy atom. The van der Waals surface area contributed by atoms with E-state index < -0.39 is 5.82 Å². The van der Waals surface area contributed by atoms with Crippen molar-refractivity contribution in [2.45, 2.75) is 45.1 Å². The summed E-state index contributed by atoms with van der Waals surface area (Å²) in [4.78, 5) is 0. The Kier molecular flexibility index (Phi) is 6.11. The summed E-state index contributed by atoms with van der Waals surface area (Å²) in [5.41, 5.74) is 6.97. The van der Waals surface area contributed by atoms with Gasteiger partial charge >= 0.3 is 0 Å². The van der Waals surface area contributed by atoms with Gasteiger partial charge in [0.05, 0.1) is 24.1 Å². The lowest BCUT2D eigenvalue weighted by atomic mass is 10.1. The van der Waals surface area contributed by atoms with E-state index in [0.717, 1.165) is 44.5 Å². The van der Waals surface area contributed by atoms with E-state index in [1.165, 1.54) is 12.5 Å². The van der Waals surface area contributed by atoms with Crippen LogP contribution in [0.5, 0.6) is 5.75 Å². The molecule has 3 N–H and O–H groups in total. The molecule has 1 atom stereocenters. The van der Waals surface area contributed by atoms with Crippen LogP contribution in [0.1, 0.15) is 39.0 Å². The van der Waals surface area contributed by atoms with Gasteiger partial charge in [-0.05, 0) is 32.1 Å². The number of benzene rings is 1. The number of hydrogen-bond acceptors (Lipinski definition) is 4. The van der Waals surface area contributed by atoms with Crippen molar-refractivity contribution in [1.82, 2.24) is 0 Å². The second kappa shape index (κ2) is 8.08. The van der Waals surface area contributed by atoms with Crippen molar-refractivity contribution in [1.29, 1.82) is 0 Å². The smallest absolute Gasteiger partial charge is 0.167 e. The third-order valence-electron chi connectivity index (χ3n) is 3.62. The summed E-state index contributed by atoms with van der Waals surface area (Å²) in [6.07, 6.45) is 5.60. The highest BCUT2D eigenvalue weighted by atomic mass is 19.1. The maximum atomic E-state index is 13.7. The summed E-state index contributed by atoms with van der Waals surface area (Å²) in [5, 5.41) is 3.25. The van der Waals surface area contributed by atoms with E-state index in [0.29, 0.717) is 18.4 Å². The van der Waals surface area contributed by atoms with Gasteiger partial charge in [0, 0.05) is 25.3 Å².